The van der Waals surface area contributed by atoms with Crippen molar-refractivity contribution in [3.63, 3.8) is 0 Å². The maximum atomic E-state index is 11.8. The van der Waals surface area contributed by atoms with Gasteiger partial charge in [0.25, 0.3) is 5.79 Å². The molecular weight excluding hydrogens is 238 g/mol. The number of allylic oxidation sites excluding steroid dienone is 1. The second kappa shape index (κ2) is 5.86. The van der Waals surface area contributed by atoms with E-state index in [1.54, 1.807) is 6.92 Å². The quantitative estimate of drug-likeness (QED) is 0.347. The van der Waals surface area contributed by atoms with Crippen LogP contribution in [0.3, 0.4) is 0 Å². The van der Waals surface area contributed by atoms with Crippen LogP contribution in [0.2, 0.25) is 0 Å². The van der Waals surface area contributed by atoms with Gasteiger partial charge in [0.15, 0.2) is 5.57 Å². The van der Waals surface area contributed by atoms with Gasteiger partial charge in [-0.25, -0.2) is 9.59 Å². The summed E-state index contributed by atoms with van der Waals surface area (Å²) in [7, 11) is 0. The number of carbonyl (C=O) groups is 2. The van der Waals surface area contributed by atoms with Crippen molar-refractivity contribution in [1.82, 2.24) is 5.48 Å². The van der Waals surface area contributed by atoms with Gasteiger partial charge in [-0.05, 0) is 13.3 Å². The summed E-state index contributed by atoms with van der Waals surface area (Å²) < 4.78 is 10.1. The number of carbonyl (C=O) groups excluding carboxylic acids is 2. The van der Waals surface area contributed by atoms with Crippen molar-refractivity contribution in [3.05, 3.63) is 11.3 Å². The number of ether oxygens (including phenoxy) is 2. The maximum Gasteiger partial charge on any atom is 0.350 e. The highest BCUT2D eigenvalue weighted by molar-refractivity contribution is 6.15. The van der Waals surface area contributed by atoms with Gasteiger partial charge in [-0.1, -0.05) is 13.3 Å². The van der Waals surface area contributed by atoms with Crippen LogP contribution in [0, 0.1) is 0 Å². The van der Waals surface area contributed by atoms with E-state index in [-0.39, 0.29) is 5.57 Å². The Morgan fingerprint density at radius 1 is 1.22 bits per heavy atom. The van der Waals surface area contributed by atoms with Gasteiger partial charge in [-0.2, -0.15) is 0 Å². The minimum Gasteiger partial charge on any atom is -0.419 e. The second-order valence-electron chi connectivity index (χ2n) is 4.32. The molecule has 0 atom stereocenters. The van der Waals surface area contributed by atoms with E-state index in [4.69, 9.17) is 14.3 Å². The van der Waals surface area contributed by atoms with Crippen LogP contribution in [0.4, 0.5) is 0 Å². The summed E-state index contributed by atoms with van der Waals surface area (Å²) in [5, 5.41) is 0. The third-order valence-corrected chi connectivity index (χ3v) is 2.23. The third kappa shape index (κ3) is 3.46. The molecule has 1 aliphatic rings. The van der Waals surface area contributed by atoms with Crippen LogP contribution in [-0.2, 0) is 23.9 Å². The highest BCUT2D eigenvalue weighted by atomic mass is 16.7. The summed E-state index contributed by atoms with van der Waals surface area (Å²) in [6, 6.07) is 0. The predicted molar refractivity (Wildman–Crippen MR) is 63.0 cm³/mol. The summed E-state index contributed by atoms with van der Waals surface area (Å²) in [6.45, 7) is 7.15. The van der Waals surface area contributed by atoms with E-state index in [9.17, 15) is 9.59 Å². The van der Waals surface area contributed by atoms with Crippen LogP contribution in [0.15, 0.2) is 11.3 Å². The van der Waals surface area contributed by atoms with Crippen molar-refractivity contribution in [3.8, 4) is 0 Å². The molecule has 6 heteroatoms. The molecule has 0 bridgehead atoms. The first-order valence-electron chi connectivity index (χ1n) is 5.99. The van der Waals surface area contributed by atoms with Crippen molar-refractivity contribution < 1.29 is 23.9 Å². The minimum atomic E-state index is -1.22. The lowest BCUT2D eigenvalue weighted by Gasteiger charge is -2.30. The first kappa shape index (κ1) is 14.5. The number of hydroxylamine groups is 1. The van der Waals surface area contributed by atoms with E-state index in [1.807, 2.05) is 6.92 Å². The summed E-state index contributed by atoms with van der Waals surface area (Å²) in [6.07, 6.45) is 1.25. The number of hydrogen-bond donors (Lipinski definition) is 1. The molecule has 0 amide bonds. The summed E-state index contributed by atoms with van der Waals surface area (Å²) in [5.74, 6) is -2.60. The lowest BCUT2D eigenvalue weighted by molar-refractivity contribution is -0.222. The Labute approximate surface area is 106 Å². The van der Waals surface area contributed by atoms with E-state index in [0.29, 0.717) is 18.7 Å². The molecule has 102 valence electrons. The molecule has 1 rings (SSSR count). The van der Waals surface area contributed by atoms with Gasteiger partial charge in [0.1, 0.15) is 0 Å². The molecule has 0 aromatic rings. The van der Waals surface area contributed by atoms with Gasteiger partial charge >= 0.3 is 11.9 Å². The normalized spacial score (nSPS) is 18.1. The fraction of sp³-hybridized carbons (Fsp3) is 0.667. The zero-order valence-corrected chi connectivity index (χ0v) is 11.2. The molecule has 1 aliphatic heterocycles. The van der Waals surface area contributed by atoms with E-state index in [2.05, 4.69) is 5.48 Å². The molecule has 18 heavy (non-hydrogen) atoms. The molecule has 1 heterocycles. The molecule has 0 aromatic heterocycles. The van der Waals surface area contributed by atoms with Crippen LogP contribution in [0.5, 0.6) is 0 Å². The molecule has 6 nitrogen and oxygen atoms in total. The Morgan fingerprint density at radius 2 is 1.78 bits per heavy atom. The van der Waals surface area contributed by atoms with Gasteiger partial charge in [0.05, 0.1) is 12.3 Å². The zero-order chi connectivity index (χ0) is 13.8. The molecule has 1 saturated heterocycles. The van der Waals surface area contributed by atoms with Crippen molar-refractivity contribution in [2.75, 3.05) is 6.61 Å². The zero-order valence-electron chi connectivity index (χ0n) is 11.2. The lowest BCUT2D eigenvalue weighted by Crippen LogP contribution is -2.43. The van der Waals surface area contributed by atoms with Crippen molar-refractivity contribution in [2.24, 2.45) is 0 Å². The van der Waals surface area contributed by atoms with Crippen LogP contribution >= 0.6 is 0 Å². The highest BCUT2D eigenvalue weighted by Gasteiger charge is 2.40. The summed E-state index contributed by atoms with van der Waals surface area (Å²) >= 11 is 0. The predicted octanol–water partition coefficient (Wildman–Crippen LogP) is 1.42. The Kier molecular flexibility index (Phi) is 4.72. The van der Waals surface area contributed by atoms with E-state index >= 15 is 0 Å². The van der Waals surface area contributed by atoms with Gasteiger partial charge < -0.3 is 9.47 Å². The molecule has 0 aromatic carbocycles. The van der Waals surface area contributed by atoms with Crippen molar-refractivity contribution in [2.45, 2.75) is 46.3 Å². The van der Waals surface area contributed by atoms with Crippen LogP contribution < -0.4 is 5.48 Å². The standard InChI is InChI=1S/C12H19NO5/c1-5-7-8(13-16-6-2)9-10(14)17-12(3,4)18-11(9)15/h13H,5-7H2,1-4H3. The molecular formula is C12H19NO5. The van der Waals surface area contributed by atoms with Gasteiger partial charge in [0, 0.05) is 13.8 Å². The Morgan fingerprint density at radius 3 is 2.22 bits per heavy atom. The van der Waals surface area contributed by atoms with E-state index in [0.717, 1.165) is 6.42 Å². The van der Waals surface area contributed by atoms with Gasteiger partial charge in [-0.15, -0.1) is 0 Å². The fourth-order valence-corrected chi connectivity index (χ4v) is 1.54. The number of esters is 2. The molecule has 0 aliphatic carbocycles. The van der Waals surface area contributed by atoms with Crippen molar-refractivity contribution >= 4 is 11.9 Å². The summed E-state index contributed by atoms with van der Waals surface area (Å²) in [4.78, 5) is 28.7. The van der Waals surface area contributed by atoms with Crippen LogP contribution in [-0.4, -0.2) is 24.3 Å². The molecule has 1 fully saturated rings. The smallest absolute Gasteiger partial charge is 0.350 e. The third-order valence-electron chi connectivity index (χ3n) is 2.23. The highest BCUT2D eigenvalue weighted by Crippen LogP contribution is 2.25. The number of nitrogens with one attached hydrogen (secondary N) is 1. The Hall–Kier alpha value is -1.56. The largest absolute Gasteiger partial charge is 0.419 e. The second-order valence-corrected chi connectivity index (χ2v) is 4.32. The number of rotatable bonds is 5. The first-order valence-corrected chi connectivity index (χ1v) is 5.99. The average Bonchev–Trinajstić information content (AvgIpc) is 2.23. The van der Waals surface area contributed by atoms with Crippen molar-refractivity contribution in [1.29, 1.82) is 0 Å². The van der Waals surface area contributed by atoms with Crippen LogP contribution in [0.1, 0.15) is 40.5 Å². The number of hydrogen-bond acceptors (Lipinski definition) is 6. The SMILES string of the molecule is CCCC(NOCC)=C1C(=O)OC(C)(C)OC1=O. The molecule has 0 saturated carbocycles. The monoisotopic (exact) mass is 257 g/mol. The van der Waals surface area contributed by atoms with E-state index in [1.165, 1.54) is 13.8 Å². The molecule has 0 spiro atoms. The molecule has 1 N–H and O–H groups in total. The maximum absolute atomic E-state index is 11.8. The first-order chi connectivity index (χ1) is 8.41. The lowest BCUT2D eigenvalue weighted by atomic mass is 10.1. The van der Waals surface area contributed by atoms with Crippen LogP contribution in [0.25, 0.3) is 0 Å². The topological polar surface area (TPSA) is 73.9 Å². The summed E-state index contributed by atoms with van der Waals surface area (Å²) in [5.41, 5.74) is 2.88. The van der Waals surface area contributed by atoms with Gasteiger partial charge in [-0.3, -0.25) is 10.3 Å². The van der Waals surface area contributed by atoms with E-state index < -0.39 is 17.7 Å². The minimum absolute atomic E-state index is 0.121. The van der Waals surface area contributed by atoms with Gasteiger partial charge in [0.2, 0.25) is 0 Å². The number of cyclic esters (lactones) is 2. The average molecular weight is 257 g/mol. The molecule has 0 radical (unpaired) electrons. The fourth-order valence-electron chi connectivity index (χ4n) is 1.54. The Balaban J connectivity index is 3.00. The Bertz CT molecular complexity index is 351. The molecule has 0 unspecified atom stereocenters.